The molecule has 150 valence electrons. The molecule has 0 amide bonds. The van der Waals surface area contributed by atoms with E-state index in [-0.39, 0.29) is 24.0 Å². The number of ether oxygens (including phenoxy) is 2. The second-order valence-electron chi connectivity index (χ2n) is 5.86. The molecule has 0 aliphatic carbocycles. The smallest absolute Gasteiger partial charge is 0.213 e. The molecular formula is C18H27ClIN5O2. The van der Waals surface area contributed by atoms with Gasteiger partial charge in [-0.1, -0.05) is 17.7 Å². The summed E-state index contributed by atoms with van der Waals surface area (Å²) in [6, 6.07) is 5.79. The van der Waals surface area contributed by atoms with Gasteiger partial charge in [-0.05, 0) is 11.6 Å². The minimum Gasteiger partial charge on any atom is -0.475 e. The number of nitrogens with zero attached hydrogens (tertiary/aromatic N) is 4. The highest BCUT2D eigenvalue weighted by Gasteiger charge is 2.10. The van der Waals surface area contributed by atoms with Crippen LogP contribution in [-0.4, -0.2) is 54.8 Å². The minimum atomic E-state index is 0. The van der Waals surface area contributed by atoms with Crippen LogP contribution in [0.15, 0.2) is 35.6 Å². The molecule has 27 heavy (non-hydrogen) atoms. The predicted molar refractivity (Wildman–Crippen MR) is 119 cm³/mol. The van der Waals surface area contributed by atoms with Crippen LogP contribution in [0.3, 0.4) is 0 Å². The van der Waals surface area contributed by atoms with Gasteiger partial charge in [0, 0.05) is 59.0 Å². The average molecular weight is 508 g/mol. The molecule has 7 nitrogen and oxygen atoms in total. The maximum Gasteiger partial charge on any atom is 0.213 e. The standard InChI is InChI=1S/C18H26ClN5O2.HI/c1-20-18(24(3)13-16-9-15(19)12-23(16)2)22-11-14-5-6-17(21-10-14)26-8-7-25-4;/h5-6,9-10,12H,7-8,11,13H2,1-4H3,(H,20,22);1H. The molecule has 2 rings (SSSR count). The number of guanidine groups is 1. The molecule has 0 bridgehead atoms. The Hall–Kier alpha value is -1.52. The summed E-state index contributed by atoms with van der Waals surface area (Å²) in [5.41, 5.74) is 2.15. The molecular weight excluding hydrogens is 481 g/mol. The minimum absolute atomic E-state index is 0. The Balaban J connectivity index is 0.00000364. The zero-order valence-corrected chi connectivity index (χ0v) is 19.2. The van der Waals surface area contributed by atoms with Crippen molar-refractivity contribution in [1.82, 2.24) is 19.8 Å². The van der Waals surface area contributed by atoms with E-state index in [1.54, 1.807) is 20.4 Å². The van der Waals surface area contributed by atoms with Crippen LogP contribution in [0.2, 0.25) is 5.02 Å². The van der Waals surface area contributed by atoms with Gasteiger partial charge in [0.2, 0.25) is 5.88 Å². The molecule has 1 N–H and O–H groups in total. The van der Waals surface area contributed by atoms with Gasteiger partial charge in [0.1, 0.15) is 6.61 Å². The van der Waals surface area contributed by atoms with Crippen molar-refractivity contribution in [3.8, 4) is 5.88 Å². The molecule has 0 aliphatic heterocycles. The summed E-state index contributed by atoms with van der Waals surface area (Å²) in [6.07, 6.45) is 3.68. The van der Waals surface area contributed by atoms with Gasteiger partial charge >= 0.3 is 0 Å². The second-order valence-corrected chi connectivity index (χ2v) is 6.30. The highest BCUT2D eigenvalue weighted by Crippen LogP contribution is 2.14. The molecule has 2 heterocycles. The number of aromatic nitrogens is 2. The predicted octanol–water partition coefficient (Wildman–Crippen LogP) is 2.92. The third kappa shape index (κ3) is 7.55. The van der Waals surface area contributed by atoms with Crippen molar-refractivity contribution in [3.63, 3.8) is 0 Å². The zero-order valence-electron chi connectivity index (χ0n) is 16.1. The quantitative estimate of drug-likeness (QED) is 0.258. The van der Waals surface area contributed by atoms with Gasteiger partial charge in [0.25, 0.3) is 0 Å². The molecule has 0 saturated carbocycles. The number of nitrogens with one attached hydrogen (secondary N) is 1. The van der Waals surface area contributed by atoms with Gasteiger partial charge in [-0.15, -0.1) is 24.0 Å². The number of methoxy groups -OCH3 is 1. The molecule has 9 heteroatoms. The first kappa shape index (κ1) is 23.5. The molecule has 0 aromatic carbocycles. The van der Waals surface area contributed by atoms with E-state index >= 15 is 0 Å². The number of rotatable bonds is 8. The average Bonchev–Trinajstić information content (AvgIpc) is 2.94. The third-order valence-electron chi connectivity index (χ3n) is 3.83. The van der Waals surface area contributed by atoms with Crippen molar-refractivity contribution in [2.75, 3.05) is 34.4 Å². The summed E-state index contributed by atoms with van der Waals surface area (Å²) in [4.78, 5) is 10.7. The molecule has 0 radical (unpaired) electrons. The Morgan fingerprint density at radius 2 is 2.15 bits per heavy atom. The topological polar surface area (TPSA) is 63.9 Å². The van der Waals surface area contributed by atoms with Gasteiger partial charge in [-0.3, -0.25) is 4.99 Å². The van der Waals surface area contributed by atoms with Crippen LogP contribution in [-0.2, 0) is 24.9 Å². The van der Waals surface area contributed by atoms with Gasteiger partial charge in [-0.2, -0.15) is 0 Å². The number of hydrogen-bond donors (Lipinski definition) is 1. The first-order valence-corrected chi connectivity index (χ1v) is 8.70. The molecule has 2 aromatic rings. The lowest BCUT2D eigenvalue weighted by Crippen LogP contribution is -2.38. The monoisotopic (exact) mass is 507 g/mol. The number of aliphatic imine (C=N–C) groups is 1. The molecule has 0 unspecified atom stereocenters. The van der Waals surface area contributed by atoms with E-state index in [0.717, 1.165) is 22.2 Å². The summed E-state index contributed by atoms with van der Waals surface area (Å²) in [5.74, 6) is 1.38. The Morgan fingerprint density at radius 1 is 1.37 bits per heavy atom. The van der Waals surface area contributed by atoms with E-state index in [2.05, 4.69) is 15.3 Å². The Labute approximate surface area is 182 Å². The molecule has 0 fully saturated rings. The largest absolute Gasteiger partial charge is 0.475 e. The second kappa shape index (κ2) is 12.0. The first-order valence-electron chi connectivity index (χ1n) is 8.32. The fraction of sp³-hybridized carbons (Fsp3) is 0.444. The van der Waals surface area contributed by atoms with E-state index in [1.807, 2.05) is 48.0 Å². The molecule has 0 spiro atoms. The van der Waals surface area contributed by atoms with Crippen LogP contribution in [0.5, 0.6) is 5.88 Å². The van der Waals surface area contributed by atoms with E-state index in [0.29, 0.717) is 32.2 Å². The number of pyridine rings is 1. The summed E-state index contributed by atoms with van der Waals surface area (Å²) in [5, 5.41) is 4.07. The summed E-state index contributed by atoms with van der Waals surface area (Å²) in [6.45, 7) is 2.35. The van der Waals surface area contributed by atoms with Crippen LogP contribution in [0.1, 0.15) is 11.3 Å². The highest BCUT2D eigenvalue weighted by molar-refractivity contribution is 14.0. The van der Waals surface area contributed by atoms with E-state index in [9.17, 15) is 0 Å². The summed E-state index contributed by atoms with van der Waals surface area (Å²) < 4.78 is 12.4. The number of halogens is 2. The number of hydrogen-bond acceptors (Lipinski definition) is 4. The van der Waals surface area contributed by atoms with Crippen molar-refractivity contribution in [3.05, 3.63) is 46.9 Å². The van der Waals surface area contributed by atoms with Crippen molar-refractivity contribution in [2.24, 2.45) is 12.0 Å². The van der Waals surface area contributed by atoms with Gasteiger partial charge in [-0.25, -0.2) is 4.98 Å². The normalized spacial score (nSPS) is 11.1. The molecule has 2 aromatic heterocycles. The lowest BCUT2D eigenvalue weighted by molar-refractivity contribution is 0.143. The first-order chi connectivity index (χ1) is 12.5. The fourth-order valence-corrected chi connectivity index (χ4v) is 2.71. The van der Waals surface area contributed by atoms with Crippen LogP contribution >= 0.6 is 35.6 Å². The third-order valence-corrected chi connectivity index (χ3v) is 4.04. The Morgan fingerprint density at radius 3 is 2.70 bits per heavy atom. The van der Waals surface area contributed by atoms with Crippen LogP contribution in [0.25, 0.3) is 0 Å². The fourth-order valence-electron chi connectivity index (χ4n) is 2.44. The van der Waals surface area contributed by atoms with Crippen molar-refractivity contribution in [2.45, 2.75) is 13.1 Å². The van der Waals surface area contributed by atoms with Crippen LogP contribution < -0.4 is 10.1 Å². The lowest BCUT2D eigenvalue weighted by atomic mass is 10.3. The summed E-state index contributed by atoms with van der Waals surface area (Å²) in [7, 11) is 7.37. The van der Waals surface area contributed by atoms with E-state index < -0.39 is 0 Å². The van der Waals surface area contributed by atoms with E-state index in [4.69, 9.17) is 21.1 Å². The van der Waals surface area contributed by atoms with Gasteiger partial charge in [0.05, 0.1) is 18.2 Å². The zero-order chi connectivity index (χ0) is 18.9. The molecule has 0 saturated heterocycles. The molecule has 0 aliphatic rings. The van der Waals surface area contributed by atoms with Crippen molar-refractivity contribution < 1.29 is 9.47 Å². The van der Waals surface area contributed by atoms with E-state index in [1.165, 1.54) is 0 Å². The van der Waals surface area contributed by atoms with Gasteiger partial charge < -0.3 is 24.3 Å². The van der Waals surface area contributed by atoms with Gasteiger partial charge in [0.15, 0.2) is 5.96 Å². The molecule has 0 atom stereocenters. The lowest BCUT2D eigenvalue weighted by Gasteiger charge is -2.22. The maximum absolute atomic E-state index is 6.05. The Bertz CT molecular complexity index is 721. The van der Waals surface area contributed by atoms with Crippen molar-refractivity contribution >= 4 is 41.5 Å². The van der Waals surface area contributed by atoms with Crippen LogP contribution in [0, 0.1) is 0 Å². The van der Waals surface area contributed by atoms with Crippen molar-refractivity contribution in [1.29, 1.82) is 0 Å². The Kier molecular flexibility index (Phi) is 10.5. The number of aryl methyl sites for hydroxylation is 1. The van der Waals surface area contributed by atoms with Crippen LogP contribution in [0.4, 0.5) is 0 Å². The maximum atomic E-state index is 6.05. The summed E-state index contributed by atoms with van der Waals surface area (Å²) >= 11 is 6.05. The highest BCUT2D eigenvalue weighted by atomic mass is 127. The SMILES string of the molecule is CN=C(NCc1ccc(OCCOC)nc1)N(C)Cc1cc(Cl)cn1C.I.